The van der Waals surface area contributed by atoms with E-state index in [-0.39, 0.29) is 17.6 Å². The Kier molecular flexibility index (Phi) is 6.47. The number of hydrogen-bond acceptors (Lipinski definition) is 4. The van der Waals surface area contributed by atoms with E-state index in [9.17, 15) is 10.1 Å². The first kappa shape index (κ1) is 17.6. The van der Waals surface area contributed by atoms with E-state index in [4.69, 9.17) is 4.74 Å². The third-order valence-electron chi connectivity index (χ3n) is 3.41. The van der Waals surface area contributed by atoms with Gasteiger partial charge >= 0.3 is 0 Å². The molecule has 1 N–H and O–H groups in total. The lowest BCUT2D eigenvalue weighted by molar-refractivity contribution is -0.117. The second kappa shape index (κ2) is 8.80. The van der Waals surface area contributed by atoms with E-state index in [1.165, 1.54) is 0 Å². The summed E-state index contributed by atoms with van der Waals surface area (Å²) in [4.78, 5) is 16.4. The largest absolute Gasteiger partial charge is 0.379 e. The first-order chi connectivity index (χ1) is 11.6. The number of carbonyl (C=O) groups excluding carboxylic acids is 1. The molecule has 0 fully saturated rings. The highest BCUT2D eigenvalue weighted by Gasteiger charge is 2.09. The summed E-state index contributed by atoms with van der Waals surface area (Å²) in [5, 5.41) is 12.9. The highest BCUT2D eigenvalue weighted by atomic mass is 16.5. The molecule has 1 heterocycles. The first-order valence-electron chi connectivity index (χ1n) is 7.97. The Hall–Kier alpha value is -2.71. The van der Waals surface area contributed by atoms with E-state index in [1.54, 1.807) is 18.3 Å². The number of para-hydroxylation sites is 1. The zero-order chi connectivity index (χ0) is 17.4. The molecule has 0 aliphatic heterocycles. The van der Waals surface area contributed by atoms with Crippen LogP contribution in [0.1, 0.15) is 25.8 Å². The summed E-state index contributed by atoms with van der Waals surface area (Å²) in [5.74, 6) is -0.372. The molecule has 124 valence electrons. The van der Waals surface area contributed by atoms with Gasteiger partial charge in [0.25, 0.3) is 5.91 Å². The summed E-state index contributed by atoms with van der Waals surface area (Å²) in [7, 11) is 0. The standard InChI is InChI=1S/C19H21N3O2/c1-14(2)24-11-5-9-22-19(23)16(13-20)12-15-8-10-21-18-7-4-3-6-17(15)18/h3-4,6-8,10,12,14H,5,9,11H2,1-2H3,(H,22,23). The summed E-state index contributed by atoms with van der Waals surface area (Å²) < 4.78 is 5.42. The molecule has 0 aliphatic carbocycles. The summed E-state index contributed by atoms with van der Waals surface area (Å²) in [6, 6.07) is 11.4. The molecule has 2 rings (SSSR count). The van der Waals surface area contributed by atoms with Gasteiger partial charge in [0.15, 0.2) is 0 Å². The molecule has 0 aliphatic rings. The summed E-state index contributed by atoms with van der Waals surface area (Å²) in [5.41, 5.74) is 1.71. The number of ether oxygens (including phenoxy) is 1. The van der Waals surface area contributed by atoms with E-state index in [0.29, 0.717) is 19.6 Å². The van der Waals surface area contributed by atoms with Crippen molar-refractivity contribution in [2.45, 2.75) is 26.4 Å². The van der Waals surface area contributed by atoms with Crippen molar-refractivity contribution in [3.05, 3.63) is 47.7 Å². The van der Waals surface area contributed by atoms with Crippen LogP contribution in [0.15, 0.2) is 42.1 Å². The van der Waals surface area contributed by atoms with Crippen LogP contribution in [0.5, 0.6) is 0 Å². The van der Waals surface area contributed by atoms with E-state index in [0.717, 1.165) is 16.5 Å². The maximum atomic E-state index is 12.2. The monoisotopic (exact) mass is 323 g/mol. The molecule has 5 heteroatoms. The molecule has 0 saturated heterocycles. The van der Waals surface area contributed by atoms with E-state index < -0.39 is 0 Å². The van der Waals surface area contributed by atoms with Crippen molar-refractivity contribution in [1.82, 2.24) is 10.3 Å². The number of benzene rings is 1. The molecule has 5 nitrogen and oxygen atoms in total. The predicted molar refractivity (Wildman–Crippen MR) is 94.0 cm³/mol. The lowest BCUT2D eigenvalue weighted by atomic mass is 10.1. The molecule has 1 aromatic carbocycles. The third kappa shape index (κ3) is 4.90. The van der Waals surface area contributed by atoms with Gasteiger partial charge in [0, 0.05) is 24.7 Å². The highest BCUT2D eigenvalue weighted by molar-refractivity contribution is 6.03. The van der Waals surface area contributed by atoms with Crippen LogP contribution in [0, 0.1) is 11.3 Å². The molecule has 24 heavy (non-hydrogen) atoms. The maximum Gasteiger partial charge on any atom is 0.261 e. The number of amides is 1. The second-order valence-corrected chi connectivity index (χ2v) is 5.62. The summed E-state index contributed by atoms with van der Waals surface area (Å²) in [6.07, 6.45) is 4.16. The second-order valence-electron chi connectivity index (χ2n) is 5.62. The van der Waals surface area contributed by atoms with Gasteiger partial charge in [-0.25, -0.2) is 0 Å². The van der Waals surface area contributed by atoms with E-state index >= 15 is 0 Å². The minimum Gasteiger partial charge on any atom is -0.379 e. The molecule has 0 saturated carbocycles. The number of carbonyl (C=O) groups is 1. The number of hydrogen-bond donors (Lipinski definition) is 1. The lowest BCUT2D eigenvalue weighted by Crippen LogP contribution is -2.26. The van der Waals surface area contributed by atoms with E-state index in [2.05, 4.69) is 10.3 Å². The van der Waals surface area contributed by atoms with Crippen LogP contribution >= 0.6 is 0 Å². The molecular formula is C19H21N3O2. The van der Waals surface area contributed by atoms with Gasteiger partial charge in [-0.05, 0) is 44.0 Å². The van der Waals surface area contributed by atoms with Crippen molar-refractivity contribution < 1.29 is 9.53 Å². The molecule has 0 bridgehead atoms. The lowest BCUT2D eigenvalue weighted by Gasteiger charge is -2.08. The van der Waals surface area contributed by atoms with Gasteiger partial charge in [-0.15, -0.1) is 0 Å². The van der Waals surface area contributed by atoms with Gasteiger partial charge < -0.3 is 10.1 Å². The van der Waals surface area contributed by atoms with Crippen LogP contribution in [0.2, 0.25) is 0 Å². The molecule has 1 amide bonds. The smallest absolute Gasteiger partial charge is 0.261 e. The first-order valence-corrected chi connectivity index (χ1v) is 7.97. The minimum absolute atomic E-state index is 0.0798. The van der Waals surface area contributed by atoms with Gasteiger partial charge in [-0.1, -0.05) is 18.2 Å². The number of nitrogens with one attached hydrogen (secondary N) is 1. The topological polar surface area (TPSA) is 75.0 Å². The number of nitriles is 1. The number of pyridine rings is 1. The average molecular weight is 323 g/mol. The van der Waals surface area contributed by atoms with Crippen LogP contribution in [-0.4, -0.2) is 30.1 Å². The van der Waals surface area contributed by atoms with Gasteiger partial charge in [0.2, 0.25) is 0 Å². The third-order valence-corrected chi connectivity index (χ3v) is 3.41. The molecule has 0 atom stereocenters. The van der Waals surface area contributed by atoms with Crippen LogP contribution in [0.3, 0.4) is 0 Å². The van der Waals surface area contributed by atoms with Crippen molar-refractivity contribution in [3.63, 3.8) is 0 Å². The zero-order valence-corrected chi connectivity index (χ0v) is 14.0. The Bertz CT molecular complexity index is 770. The Morgan fingerprint density at radius 1 is 1.38 bits per heavy atom. The number of rotatable bonds is 7. The maximum absolute atomic E-state index is 12.2. The fourth-order valence-electron chi connectivity index (χ4n) is 2.24. The van der Waals surface area contributed by atoms with Crippen LogP contribution in [0.25, 0.3) is 17.0 Å². The van der Waals surface area contributed by atoms with Crippen molar-refractivity contribution in [1.29, 1.82) is 5.26 Å². The summed E-state index contributed by atoms with van der Waals surface area (Å²) >= 11 is 0. The van der Waals surface area contributed by atoms with Gasteiger partial charge in [0.1, 0.15) is 11.6 Å². The van der Waals surface area contributed by atoms with Crippen molar-refractivity contribution in [2.75, 3.05) is 13.2 Å². The minimum atomic E-state index is -0.372. The van der Waals surface area contributed by atoms with Gasteiger partial charge in [0.05, 0.1) is 11.6 Å². The molecule has 2 aromatic rings. The molecule has 0 radical (unpaired) electrons. The molecule has 1 aromatic heterocycles. The zero-order valence-electron chi connectivity index (χ0n) is 14.0. The SMILES string of the molecule is CC(C)OCCCNC(=O)C(C#N)=Cc1ccnc2ccccc12. The van der Waals surface area contributed by atoms with Crippen LogP contribution in [-0.2, 0) is 9.53 Å². The van der Waals surface area contributed by atoms with E-state index in [1.807, 2.05) is 44.2 Å². The predicted octanol–water partition coefficient (Wildman–Crippen LogP) is 3.07. The highest BCUT2D eigenvalue weighted by Crippen LogP contribution is 2.18. The number of aromatic nitrogens is 1. The number of nitrogens with zero attached hydrogens (tertiary/aromatic N) is 2. The van der Waals surface area contributed by atoms with Gasteiger partial charge in [-0.3, -0.25) is 9.78 Å². The molecular weight excluding hydrogens is 302 g/mol. The average Bonchev–Trinajstić information content (AvgIpc) is 2.59. The van der Waals surface area contributed by atoms with Gasteiger partial charge in [-0.2, -0.15) is 5.26 Å². The van der Waals surface area contributed by atoms with Crippen molar-refractivity contribution >= 4 is 22.9 Å². The Labute approximate surface area is 142 Å². The molecule has 0 unspecified atom stereocenters. The van der Waals surface area contributed by atoms with Crippen LogP contribution < -0.4 is 5.32 Å². The fourth-order valence-corrected chi connectivity index (χ4v) is 2.24. The summed E-state index contributed by atoms with van der Waals surface area (Å²) in [6.45, 7) is 4.99. The Morgan fingerprint density at radius 3 is 2.92 bits per heavy atom. The van der Waals surface area contributed by atoms with Crippen molar-refractivity contribution in [3.8, 4) is 6.07 Å². The Morgan fingerprint density at radius 2 is 2.17 bits per heavy atom. The van der Waals surface area contributed by atoms with Crippen LogP contribution in [0.4, 0.5) is 0 Å². The Balaban J connectivity index is 2.05. The normalized spacial score (nSPS) is 11.5. The number of fused-ring (bicyclic) bond motifs is 1. The quantitative estimate of drug-likeness (QED) is 0.483. The molecule has 0 spiro atoms. The van der Waals surface area contributed by atoms with Crippen molar-refractivity contribution in [2.24, 2.45) is 0 Å². The fraction of sp³-hybridized carbons (Fsp3) is 0.316.